The van der Waals surface area contributed by atoms with Crippen molar-refractivity contribution in [2.45, 2.75) is 62.0 Å². The largest absolute Gasteiger partial charge is 0.416 e. The van der Waals surface area contributed by atoms with Gasteiger partial charge in [0.2, 0.25) is 11.8 Å². The van der Waals surface area contributed by atoms with Crippen LogP contribution in [0.15, 0.2) is 42.5 Å². The first-order chi connectivity index (χ1) is 17.8. The Morgan fingerprint density at radius 3 is 2.13 bits per heavy atom. The van der Waals surface area contributed by atoms with Gasteiger partial charge in [-0.25, -0.2) is 4.39 Å². The van der Waals surface area contributed by atoms with Gasteiger partial charge in [-0.2, -0.15) is 26.3 Å². The number of alkyl halides is 6. The fourth-order valence-electron chi connectivity index (χ4n) is 4.67. The van der Waals surface area contributed by atoms with Crippen molar-refractivity contribution >= 4 is 11.8 Å². The van der Waals surface area contributed by atoms with Crippen LogP contribution in [0.2, 0.25) is 0 Å². The van der Waals surface area contributed by atoms with Gasteiger partial charge in [0.25, 0.3) is 0 Å². The van der Waals surface area contributed by atoms with Gasteiger partial charge in [-0.3, -0.25) is 9.59 Å². The quantitative estimate of drug-likeness (QED) is 0.450. The predicted molar refractivity (Wildman–Crippen MR) is 123 cm³/mol. The zero-order chi connectivity index (χ0) is 27.7. The summed E-state index contributed by atoms with van der Waals surface area (Å²) in [6, 6.07) is 4.72. The number of nitrogens with one attached hydrogen (secondary N) is 3. The molecule has 0 radical (unpaired) electrons. The van der Waals surface area contributed by atoms with E-state index in [0.29, 0.717) is 30.7 Å². The Morgan fingerprint density at radius 1 is 0.974 bits per heavy atom. The summed E-state index contributed by atoms with van der Waals surface area (Å²) < 4.78 is 92.4. The summed E-state index contributed by atoms with van der Waals surface area (Å²) in [5.41, 5.74) is -3.33. The summed E-state index contributed by atoms with van der Waals surface area (Å²) in [5, 5.41) is 8.56. The molecule has 2 aromatic carbocycles. The van der Waals surface area contributed by atoms with Crippen molar-refractivity contribution in [1.29, 1.82) is 0 Å². The van der Waals surface area contributed by atoms with Crippen molar-refractivity contribution in [3.8, 4) is 0 Å². The molecule has 38 heavy (non-hydrogen) atoms. The molecule has 2 amide bonds. The molecular weight excluding hydrogens is 519 g/mol. The number of benzene rings is 2. The van der Waals surface area contributed by atoms with Crippen molar-refractivity contribution in [2.75, 3.05) is 13.1 Å². The van der Waals surface area contributed by atoms with Gasteiger partial charge in [-0.1, -0.05) is 18.2 Å². The highest BCUT2D eigenvalue weighted by atomic mass is 19.4. The first-order valence-corrected chi connectivity index (χ1v) is 12.1. The molecule has 0 aromatic heterocycles. The summed E-state index contributed by atoms with van der Waals surface area (Å²) in [5.74, 6) is -2.47. The minimum Gasteiger partial charge on any atom is -0.350 e. The molecule has 2 unspecified atom stereocenters. The molecule has 1 aliphatic carbocycles. The van der Waals surface area contributed by atoms with Crippen LogP contribution in [0.3, 0.4) is 0 Å². The SMILES string of the molecule is O=C(NC1CCCNC1)C(Cc1ccc(C(F)(F)F)cc1)NC(=O)C1(c2ccc(C(F)(F)F)cc2F)CC1. The monoisotopic (exact) mass is 545 g/mol. The highest BCUT2D eigenvalue weighted by Crippen LogP contribution is 2.50. The average molecular weight is 545 g/mol. The molecule has 1 saturated carbocycles. The average Bonchev–Trinajstić information content (AvgIpc) is 3.65. The molecule has 5 nitrogen and oxygen atoms in total. The van der Waals surface area contributed by atoms with E-state index in [1.807, 2.05) is 0 Å². The number of carbonyl (C=O) groups excluding carboxylic acids is 2. The number of hydrogen-bond donors (Lipinski definition) is 3. The lowest BCUT2D eigenvalue weighted by molar-refractivity contribution is -0.138. The maximum atomic E-state index is 14.7. The van der Waals surface area contributed by atoms with E-state index in [1.165, 1.54) is 12.1 Å². The molecule has 12 heteroatoms. The predicted octanol–water partition coefficient (Wildman–Crippen LogP) is 4.49. The van der Waals surface area contributed by atoms with Crippen molar-refractivity contribution in [2.24, 2.45) is 0 Å². The highest BCUT2D eigenvalue weighted by molar-refractivity contribution is 5.95. The Bertz CT molecular complexity index is 1170. The van der Waals surface area contributed by atoms with Gasteiger partial charge in [0.05, 0.1) is 16.5 Å². The van der Waals surface area contributed by atoms with E-state index in [2.05, 4.69) is 16.0 Å². The zero-order valence-corrected chi connectivity index (χ0v) is 20.1. The molecule has 1 aliphatic heterocycles. The van der Waals surface area contributed by atoms with E-state index >= 15 is 0 Å². The van der Waals surface area contributed by atoms with Gasteiger partial charge in [-0.05, 0) is 62.1 Å². The van der Waals surface area contributed by atoms with Gasteiger partial charge in [-0.15, -0.1) is 0 Å². The molecule has 1 saturated heterocycles. The minimum absolute atomic E-state index is 0.137. The topological polar surface area (TPSA) is 70.2 Å². The van der Waals surface area contributed by atoms with Crippen LogP contribution in [-0.2, 0) is 33.8 Å². The Balaban J connectivity index is 1.55. The number of piperidine rings is 1. The lowest BCUT2D eigenvalue weighted by atomic mass is 9.92. The molecule has 2 aliphatic rings. The van der Waals surface area contributed by atoms with Crippen molar-refractivity contribution < 1.29 is 40.3 Å². The minimum atomic E-state index is -4.75. The molecule has 2 atom stereocenters. The van der Waals surface area contributed by atoms with Gasteiger partial charge >= 0.3 is 12.4 Å². The maximum absolute atomic E-state index is 14.7. The number of halogens is 7. The van der Waals surface area contributed by atoms with E-state index in [-0.39, 0.29) is 30.9 Å². The summed E-state index contributed by atoms with van der Waals surface area (Å²) in [4.78, 5) is 26.5. The van der Waals surface area contributed by atoms with Crippen molar-refractivity contribution in [1.82, 2.24) is 16.0 Å². The van der Waals surface area contributed by atoms with Crippen LogP contribution in [-0.4, -0.2) is 37.0 Å². The van der Waals surface area contributed by atoms with Crippen LogP contribution in [0, 0.1) is 5.82 Å². The second kappa shape index (κ2) is 10.5. The molecule has 2 aromatic rings. The van der Waals surface area contributed by atoms with Crippen LogP contribution < -0.4 is 16.0 Å². The molecular formula is C26H26F7N3O2. The third-order valence-corrected chi connectivity index (χ3v) is 6.98. The van der Waals surface area contributed by atoms with Crippen LogP contribution in [0.5, 0.6) is 0 Å². The van der Waals surface area contributed by atoms with Gasteiger partial charge in [0.1, 0.15) is 11.9 Å². The Morgan fingerprint density at radius 2 is 1.61 bits per heavy atom. The highest BCUT2D eigenvalue weighted by Gasteiger charge is 2.53. The summed E-state index contributed by atoms with van der Waals surface area (Å²) >= 11 is 0. The normalized spacial score (nSPS) is 19.9. The summed E-state index contributed by atoms with van der Waals surface area (Å²) in [6.45, 7) is 1.30. The number of hydrogen-bond acceptors (Lipinski definition) is 3. The number of amides is 2. The fourth-order valence-corrected chi connectivity index (χ4v) is 4.67. The second-order valence-electron chi connectivity index (χ2n) is 9.75. The maximum Gasteiger partial charge on any atom is 0.416 e. The van der Waals surface area contributed by atoms with E-state index in [9.17, 15) is 40.3 Å². The smallest absolute Gasteiger partial charge is 0.350 e. The first kappa shape index (κ1) is 27.9. The lowest BCUT2D eigenvalue weighted by Gasteiger charge is -2.28. The van der Waals surface area contributed by atoms with Crippen molar-refractivity contribution in [3.63, 3.8) is 0 Å². The van der Waals surface area contributed by atoms with Gasteiger partial charge in [0.15, 0.2) is 0 Å². The Kier molecular flexibility index (Phi) is 7.74. The number of rotatable bonds is 7. The third kappa shape index (κ3) is 6.28. The van der Waals surface area contributed by atoms with Crippen molar-refractivity contribution in [3.05, 3.63) is 70.5 Å². The van der Waals surface area contributed by atoms with E-state index in [0.717, 1.165) is 31.2 Å². The van der Waals surface area contributed by atoms with E-state index < -0.39 is 52.6 Å². The summed E-state index contributed by atoms with van der Waals surface area (Å²) in [6.07, 6.45) is -7.58. The molecule has 0 spiro atoms. The fraction of sp³-hybridized carbons (Fsp3) is 0.462. The van der Waals surface area contributed by atoms with E-state index in [1.54, 1.807) is 0 Å². The zero-order valence-electron chi connectivity index (χ0n) is 20.1. The van der Waals surface area contributed by atoms with Crippen LogP contribution in [0.25, 0.3) is 0 Å². The molecule has 206 valence electrons. The number of carbonyl (C=O) groups is 2. The molecule has 4 rings (SSSR count). The van der Waals surface area contributed by atoms with Gasteiger partial charge < -0.3 is 16.0 Å². The van der Waals surface area contributed by atoms with Gasteiger partial charge in [0, 0.05) is 24.6 Å². The molecule has 0 bridgehead atoms. The van der Waals surface area contributed by atoms with E-state index in [4.69, 9.17) is 0 Å². The Labute approximate surface area is 214 Å². The molecule has 3 N–H and O–H groups in total. The first-order valence-electron chi connectivity index (χ1n) is 12.1. The standard InChI is InChI=1S/C26H26F7N3O2/c27-20-13-17(26(31,32)33)7-8-19(20)24(9-10-24)23(38)36-21(22(37)35-18-2-1-11-34-14-18)12-15-3-5-16(6-4-15)25(28,29)30/h3-8,13,18,21,34H,1-2,9-12,14H2,(H,35,37)(H,36,38). The van der Waals surface area contributed by atoms with Crippen LogP contribution in [0.1, 0.15) is 47.9 Å². The molecule has 1 heterocycles. The summed E-state index contributed by atoms with van der Waals surface area (Å²) in [7, 11) is 0. The Hall–Kier alpha value is -3.15. The second-order valence-corrected chi connectivity index (χ2v) is 9.75. The van der Waals surface area contributed by atoms with Crippen LogP contribution >= 0.6 is 0 Å². The molecule has 2 fully saturated rings. The lowest BCUT2D eigenvalue weighted by Crippen LogP contribution is -2.55. The van der Waals surface area contributed by atoms with Crippen LogP contribution in [0.4, 0.5) is 30.7 Å². The third-order valence-electron chi connectivity index (χ3n) is 6.98.